The molecule has 0 unspecified atom stereocenters. The highest BCUT2D eigenvalue weighted by molar-refractivity contribution is 6.89. The Bertz CT molecular complexity index is 2080. The minimum atomic E-state index is -2.26. The Balaban J connectivity index is 1.67. The van der Waals surface area contributed by atoms with Crippen molar-refractivity contribution in [3.63, 3.8) is 0 Å². The van der Waals surface area contributed by atoms with Crippen molar-refractivity contribution in [1.29, 1.82) is 0 Å². The summed E-state index contributed by atoms with van der Waals surface area (Å²) in [5.41, 5.74) is 10.0. The molecule has 0 saturated carbocycles. The molecule has 0 atom stereocenters. The van der Waals surface area contributed by atoms with E-state index in [0.717, 1.165) is 66.6 Å². The average Bonchev–Trinajstić information content (AvgIpc) is 3.35. The van der Waals surface area contributed by atoms with Crippen LogP contribution in [-0.4, -0.2) is 8.07 Å². The molecule has 0 aliphatic rings. The van der Waals surface area contributed by atoms with Crippen molar-refractivity contribution in [3.8, 4) is 33.5 Å². The molecule has 0 aliphatic heterocycles. The van der Waals surface area contributed by atoms with Crippen LogP contribution in [0.2, 0.25) is 19.6 Å². The highest BCUT2D eigenvalue weighted by Gasteiger charge is 2.30. The van der Waals surface area contributed by atoms with Crippen LogP contribution in [0.4, 0.5) is 0 Å². The number of fused-ring (bicyclic) bond motifs is 3. The second-order valence-electron chi connectivity index (χ2n) is 13.6. The maximum Gasteiger partial charge on any atom is 0.216 e. The van der Waals surface area contributed by atoms with E-state index in [-0.39, 0.29) is 5.41 Å². The van der Waals surface area contributed by atoms with E-state index in [9.17, 15) is 0 Å². The Kier molecular flexibility index (Phi) is 5.92. The molecule has 6 rings (SSSR count). The molecule has 0 aliphatic carbocycles. The average molecular weight is 572 g/mol. The standard InChI is InChI=1S/C39H42NOSi/c1-25-18-20-32-31-17-13-16-30(27-14-11-10-12-15-27)37(31)41-38(32)36(25)34-23-33(35(24-40(34)6)42(7,8)9)29-21-19-28(22-26(29)2)39(3,4)5/h10-24H,1-9H3/q+1/i2D3. The van der Waals surface area contributed by atoms with Gasteiger partial charge in [-0.15, -0.1) is 0 Å². The van der Waals surface area contributed by atoms with Crippen LogP contribution in [0.1, 0.15) is 41.6 Å². The number of aromatic nitrogens is 1. The Morgan fingerprint density at radius 3 is 2.17 bits per heavy atom. The van der Waals surface area contributed by atoms with E-state index >= 15 is 0 Å². The predicted molar refractivity (Wildman–Crippen MR) is 182 cm³/mol. The number of para-hydroxylation sites is 1. The molecule has 0 bridgehead atoms. The van der Waals surface area contributed by atoms with Crippen LogP contribution in [0.5, 0.6) is 0 Å². The van der Waals surface area contributed by atoms with Crippen molar-refractivity contribution < 1.29 is 13.1 Å². The summed E-state index contributed by atoms with van der Waals surface area (Å²) >= 11 is 0. The lowest BCUT2D eigenvalue weighted by atomic mass is 9.84. The van der Waals surface area contributed by atoms with Gasteiger partial charge in [0.25, 0.3) is 0 Å². The molecule has 2 aromatic heterocycles. The molecule has 212 valence electrons. The van der Waals surface area contributed by atoms with Crippen molar-refractivity contribution in [3.05, 3.63) is 108 Å². The maximum absolute atomic E-state index is 8.57. The zero-order valence-corrected chi connectivity index (χ0v) is 27.0. The van der Waals surface area contributed by atoms with Crippen LogP contribution in [0.15, 0.2) is 95.5 Å². The van der Waals surface area contributed by atoms with E-state index in [1.54, 1.807) is 0 Å². The molecule has 42 heavy (non-hydrogen) atoms. The third-order valence-corrected chi connectivity index (χ3v) is 10.5. The minimum Gasteiger partial charge on any atom is -0.454 e. The first kappa shape index (κ1) is 24.6. The lowest BCUT2D eigenvalue weighted by molar-refractivity contribution is -0.659. The molecular formula is C39H42NOSi+. The number of rotatable bonds is 4. The van der Waals surface area contributed by atoms with E-state index in [4.69, 9.17) is 8.53 Å². The van der Waals surface area contributed by atoms with Gasteiger partial charge in [-0.1, -0.05) is 119 Å². The molecule has 0 fully saturated rings. The van der Waals surface area contributed by atoms with E-state index < -0.39 is 14.9 Å². The predicted octanol–water partition coefficient (Wildman–Crippen LogP) is 9.87. The second kappa shape index (κ2) is 10.1. The molecule has 2 nitrogen and oxygen atoms in total. The third-order valence-electron chi connectivity index (χ3n) is 8.47. The summed E-state index contributed by atoms with van der Waals surface area (Å²) in [6.45, 7) is 13.2. The highest BCUT2D eigenvalue weighted by atomic mass is 28.3. The van der Waals surface area contributed by atoms with Crippen LogP contribution >= 0.6 is 0 Å². The second-order valence-corrected chi connectivity index (χ2v) is 18.7. The lowest BCUT2D eigenvalue weighted by Gasteiger charge is -2.24. The molecule has 0 amide bonds. The number of aryl methyl sites for hydroxylation is 3. The van der Waals surface area contributed by atoms with Gasteiger partial charge in [0.15, 0.2) is 6.20 Å². The summed E-state index contributed by atoms with van der Waals surface area (Å²) in [6, 6.07) is 29.3. The zero-order chi connectivity index (χ0) is 32.5. The van der Waals surface area contributed by atoms with E-state index in [1.807, 2.05) is 18.2 Å². The van der Waals surface area contributed by atoms with Crippen LogP contribution in [-0.2, 0) is 12.5 Å². The highest BCUT2D eigenvalue weighted by Crippen LogP contribution is 2.41. The van der Waals surface area contributed by atoms with Crippen molar-refractivity contribution >= 4 is 35.2 Å². The molecule has 2 heterocycles. The van der Waals surface area contributed by atoms with Gasteiger partial charge >= 0.3 is 0 Å². The molecule has 0 N–H and O–H groups in total. The molecule has 0 spiro atoms. The van der Waals surface area contributed by atoms with Gasteiger partial charge in [0.2, 0.25) is 5.69 Å². The largest absolute Gasteiger partial charge is 0.454 e. The van der Waals surface area contributed by atoms with Crippen LogP contribution in [0.25, 0.3) is 55.4 Å². The molecule has 3 heteroatoms. The number of furan rings is 1. The first-order valence-corrected chi connectivity index (χ1v) is 18.3. The topological polar surface area (TPSA) is 17.0 Å². The van der Waals surface area contributed by atoms with Gasteiger partial charge in [-0.25, -0.2) is 4.57 Å². The first-order valence-electron chi connectivity index (χ1n) is 16.3. The van der Waals surface area contributed by atoms with E-state index in [0.29, 0.717) is 5.56 Å². The van der Waals surface area contributed by atoms with Crippen LogP contribution in [0.3, 0.4) is 0 Å². The summed E-state index contributed by atoms with van der Waals surface area (Å²) in [4.78, 5) is 0. The summed E-state index contributed by atoms with van der Waals surface area (Å²) in [7, 11) is 0.175. The summed E-state index contributed by atoms with van der Waals surface area (Å²) in [5, 5.41) is 3.37. The summed E-state index contributed by atoms with van der Waals surface area (Å²) < 4.78 is 34.7. The summed E-state index contributed by atoms with van der Waals surface area (Å²) in [5.74, 6) is 0. The monoisotopic (exact) mass is 571 g/mol. The van der Waals surface area contributed by atoms with Gasteiger partial charge in [-0.05, 0) is 52.6 Å². The minimum absolute atomic E-state index is 0.166. The Morgan fingerprint density at radius 2 is 1.48 bits per heavy atom. The van der Waals surface area contributed by atoms with Crippen LogP contribution < -0.4 is 9.75 Å². The number of pyridine rings is 1. The van der Waals surface area contributed by atoms with Gasteiger partial charge < -0.3 is 4.42 Å². The van der Waals surface area contributed by atoms with Crippen molar-refractivity contribution in [1.82, 2.24) is 0 Å². The number of benzene rings is 4. The fourth-order valence-corrected chi connectivity index (χ4v) is 7.68. The quantitative estimate of drug-likeness (QED) is 0.152. The maximum atomic E-state index is 8.57. The van der Waals surface area contributed by atoms with Gasteiger partial charge in [-0.3, -0.25) is 0 Å². The fourth-order valence-electron chi connectivity index (χ4n) is 6.09. The number of hydrogen-bond acceptors (Lipinski definition) is 1. The number of nitrogens with zero attached hydrogens (tertiary/aromatic N) is 1. The van der Waals surface area contributed by atoms with Crippen molar-refractivity contribution in [2.24, 2.45) is 7.05 Å². The normalized spacial score (nSPS) is 13.8. The molecular weight excluding hydrogens is 527 g/mol. The first-order chi connectivity index (χ1) is 21.1. The third kappa shape index (κ3) is 4.80. The van der Waals surface area contributed by atoms with Crippen molar-refractivity contribution in [2.45, 2.75) is 59.6 Å². The Morgan fingerprint density at radius 1 is 0.738 bits per heavy atom. The van der Waals surface area contributed by atoms with Gasteiger partial charge in [0, 0.05) is 31.7 Å². The van der Waals surface area contributed by atoms with Gasteiger partial charge in [0.1, 0.15) is 18.2 Å². The van der Waals surface area contributed by atoms with Crippen molar-refractivity contribution in [2.75, 3.05) is 0 Å². The fraction of sp³-hybridized carbons (Fsp3) is 0.256. The number of hydrogen-bond donors (Lipinski definition) is 0. The lowest BCUT2D eigenvalue weighted by Crippen LogP contribution is -2.46. The zero-order valence-electron chi connectivity index (χ0n) is 29.0. The smallest absolute Gasteiger partial charge is 0.216 e. The molecule has 0 saturated heterocycles. The Hall–Kier alpha value is -3.95. The van der Waals surface area contributed by atoms with E-state index in [1.165, 1.54) is 5.19 Å². The summed E-state index contributed by atoms with van der Waals surface area (Å²) in [6.07, 6.45) is 2.23. The SMILES string of the molecule is [2H]C([2H])([2H])c1cc(C(C)(C)C)ccc1-c1cc(-c2c(C)ccc3c2oc2c(-c4ccccc4)cccc23)[n+](C)cc1[Si](C)(C)C. The van der Waals surface area contributed by atoms with Gasteiger partial charge in [-0.2, -0.15) is 0 Å². The van der Waals surface area contributed by atoms with Gasteiger partial charge in [0.05, 0.1) is 13.6 Å². The Labute approximate surface area is 255 Å². The molecule has 4 aromatic carbocycles. The van der Waals surface area contributed by atoms with Crippen LogP contribution in [0, 0.1) is 13.8 Å². The molecule has 6 aromatic rings. The van der Waals surface area contributed by atoms with E-state index in [2.05, 4.69) is 132 Å². The molecule has 0 radical (unpaired) electrons.